The average Bonchev–Trinajstić information content (AvgIpc) is 2.78. The number of unbranched alkanes of at least 4 members (excludes halogenated alkanes) is 2. The highest BCUT2D eigenvalue weighted by Gasteiger charge is 2.35. The average molecular weight is 253 g/mol. The Morgan fingerprint density at radius 3 is 2.72 bits per heavy atom. The first kappa shape index (κ1) is 15.4. The van der Waals surface area contributed by atoms with Gasteiger partial charge in [0.1, 0.15) is 13.1 Å². The fourth-order valence-electron chi connectivity index (χ4n) is 2.67. The molecule has 104 valence electrons. The van der Waals surface area contributed by atoms with Gasteiger partial charge in [0.05, 0.1) is 19.7 Å². The number of quaternary nitrogens is 1. The minimum absolute atomic E-state index is 0.263. The Labute approximate surface area is 112 Å². The minimum Gasteiger partial charge on any atom is -0.390 e. The number of aliphatic hydroxyl groups excluding tert-OH is 1. The summed E-state index contributed by atoms with van der Waals surface area (Å²) in [6.07, 6.45) is 10.5. The van der Waals surface area contributed by atoms with Crippen LogP contribution in [0.1, 0.15) is 46.0 Å². The summed E-state index contributed by atoms with van der Waals surface area (Å²) in [6, 6.07) is 0. The lowest BCUT2D eigenvalue weighted by molar-refractivity contribution is -0.835. The molecular weight excluding hydrogens is 224 g/mol. The summed E-state index contributed by atoms with van der Waals surface area (Å²) >= 11 is 0. The highest BCUT2D eigenvalue weighted by molar-refractivity contribution is 5.77. The molecule has 1 N–H and O–H groups in total. The summed E-state index contributed by atoms with van der Waals surface area (Å²) < 4.78 is 0.916. The van der Waals surface area contributed by atoms with Crippen molar-refractivity contribution < 1.29 is 9.59 Å². The Kier molecular flexibility index (Phi) is 7.21. The smallest absolute Gasteiger partial charge is 0.198 e. The second-order valence-corrected chi connectivity index (χ2v) is 5.08. The Morgan fingerprint density at radius 2 is 2.06 bits per heavy atom. The maximum absolute atomic E-state index is 9.22. The molecule has 1 aliphatic heterocycles. The Hall–Kier alpha value is -0.670. The normalized spacial score (nSPS) is 23.8. The van der Waals surface area contributed by atoms with Crippen LogP contribution in [0.2, 0.25) is 0 Å². The van der Waals surface area contributed by atoms with Gasteiger partial charge in [0.2, 0.25) is 0 Å². The van der Waals surface area contributed by atoms with Crippen LogP contribution in [0.25, 0.3) is 0 Å². The summed E-state index contributed by atoms with van der Waals surface area (Å²) in [6.45, 7) is 8.58. The standard InChI is InChI=1S/C15H29N2O/c1-3-5-6-7-8-9-10-15-16-11-12-17(15,4-2)13-14-18/h7-8,18H,3-6,9-14H2,1-2H3/q+1/b8-7+. The van der Waals surface area contributed by atoms with Crippen molar-refractivity contribution in [1.29, 1.82) is 0 Å². The van der Waals surface area contributed by atoms with E-state index in [0.29, 0.717) is 0 Å². The largest absolute Gasteiger partial charge is 0.390 e. The molecule has 0 saturated carbocycles. The van der Waals surface area contributed by atoms with Crippen molar-refractivity contribution in [2.75, 3.05) is 32.8 Å². The van der Waals surface area contributed by atoms with Gasteiger partial charge < -0.3 is 5.11 Å². The third-order valence-corrected chi connectivity index (χ3v) is 3.93. The highest BCUT2D eigenvalue weighted by Crippen LogP contribution is 2.18. The number of amidine groups is 1. The monoisotopic (exact) mass is 253 g/mol. The lowest BCUT2D eigenvalue weighted by atomic mass is 10.2. The molecule has 3 heteroatoms. The fourth-order valence-corrected chi connectivity index (χ4v) is 2.67. The molecule has 0 bridgehead atoms. The van der Waals surface area contributed by atoms with Crippen molar-refractivity contribution >= 4 is 5.84 Å². The zero-order chi connectivity index (χ0) is 13.3. The quantitative estimate of drug-likeness (QED) is 0.382. The Bertz CT molecular complexity index is 286. The molecule has 0 saturated heterocycles. The maximum Gasteiger partial charge on any atom is 0.198 e. The van der Waals surface area contributed by atoms with E-state index in [2.05, 4.69) is 31.0 Å². The van der Waals surface area contributed by atoms with Gasteiger partial charge in [-0.2, -0.15) is 0 Å². The molecule has 18 heavy (non-hydrogen) atoms. The molecule has 1 unspecified atom stereocenters. The third-order valence-electron chi connectivity index (χ3n) is 3.93. The molecule has 3 nitrogen and oxygen atoms in total. The predicted molar refractivity (Wildman–Crippen MR) is 77.8 cm³/mol. The Morgan fingerprint density at radius 1 is 1.28 bits per heavy atom. The van der Waals surface area contributed by atoms with Gasteiger partial charge in [-0.25, -0.2) is 4.99 Å². The van der Waals surface area contributed by atoms with Gasteiger partial charge in [0.25, 0.3) is 0 Å². The number of hydrogen-bond donors (Lipinski definition) is 1. The number of aliphatic hydroxyl groups is 1. The number of aliphatic imine (C=N–C) groups is 1. The summed E-state index contributed by atoms with van der Waals surface area (Å²) in [7, 11) is 0. The summed E-state index contributed by atoms with van der Waals surface area (Å²) in [5, 5.41) is 9.22. The van der Waals surface area contributed by atoms with Crippen LogP contribution in [0.15, 0.2) is 17.1 Å². The molecule has 0 amide bonds. The van der Waals surface area contributed by atoms with E-state index in [1.165, 1.54) is 25.1 Å². The lowest BCUT2D eigenvalue weighted by Crippen LogP contribution is -2.52. The van der Waals surface area contributed by atoms with Crippen molar-refractivity contribution in [3.05, 3.63) is 12.2 Å². The molecule has 0 radical (unpaired) electrons. The third kappa shape index (κ3) is 4.21. The van der Waals surface area contributed by atoms with E-state index in [9.17, 15) is 5.11 Å². The van der Waals surface area contributed by atoms with Gasteiger partial charge in [-0.15, -0.1) is 0 Å². The van der Waals surface area contributed by atoms with Crippen LogP contribution >= 0.6 is 0 Å². The molecular formula is C15H29N2O+. The zero-order valence-electron chi connectivity index (χ0n) is 12.1. The van der Waals surface area contributed by atoms with Crippen LogP contribution in [-0.2, 0) is 0 Å². The molecule has 0 aliphatic carbocycles. The number of likely N-dealkylation sites (N-methyl/N-ethyl adjacent to an activating group) is 1. The molecule has 0 aromatic carbocycles. The van der Waals surface area contributed by atoms with Crippen molar-refractivity contribution in [1.82, 2.24) is 0 Å². The summed E-state index contributed by atoms with van der Waals surface area (Å²) in [5.41, 5.74) is 0. The van der Waals surface area contributed by atoms with E-state index in [1.54, 1.807) is 0 Å². The van der Waals surface area contributed by atoms with E-state index in [4.69, 9.17) is 0 Å². The van der Waals surface area contributed by atoms with Gasteiger partial charge in [0.15, 0.2) is 5.84 Å². The first-order chi connectivity index (χ1) is 8.79. The van der Waals surface area contributed by atoms with Crippen molar-refractivity contribution in [2.24, 2.45) is 4.99 Å². The van der Waals surface area contributed by atoms with Gasteiger partial charge in [-0.05, 0) is 19.8 Å². The van der Waals surface area contributed by atoms with Crippen molar-refractivity contribution in [3.63, 3.8) is 0 Å². The van der Waals surface area contributed by atoms with Crippen LogP contribution in [0, 0.1) is 0 Å². The van der Waals surface area contributed by atoms with Crippen LogP contribution in [-0.4, -0.2) is 48.2 Å². The highest BCUT2D eigenvalue weighted by atomic mass is 16.3. The Balaban J connectivity index is 2.38. The minimum atomic E-state index is 0.263. The van der Waals surface area contributed by atoms with Crippen molar-refractivity contribution in [2.45, 2.75) is 46.0 Å². The SMILES string of the molecule is CCCC/C=C/CCC1=NCC[N+]1(CC)CCO. The summed E-state index contributed by atoms with van der Waals surface area (Å²) in [5.74, 6) is 1.30. The van der Waals surface area contributed by atoms with E-state index in [1.807, 2.05) is 0 Å². The first-order valence-electron chi connectivity index (χ1n) is 7.45. The first-order valence-corrected chi connectivity index (χ1v) is 7.45. The predicted octanol–water partition coefficient (Wildman–Crippen LogP) is 2.75. The zero-order valence-corrected chi connectivity index (χ0v) is 12.1. The van der Waals surface area contributed by atoms with E-state index in [0.717, 1.165) is 43.5 Å². The van der Waals surface area contributed by atoms with E-state index in [-0.39, 0.29) is 6.61 Å². The van der Waals surface area contributed by atoms with Gasteiger partial charge in [-0.3, -0.25) is 4.48 Å². The molecule has 1 rings (SSSR count). The van der Waals surface area contributed by atoms with Crippen LogP contribution in [0.4, 0.5) is 0 Å². The maximum atomic E-state index is 9.22. The molecule has 0 aromatic heterocycles. The second kappa shape index (κ2) is 8.44. The van der Waals surface area contributed by atoms with Crippen molar-refractivity contribution in [3.8, 4) is 0 Å². The molecule has 1 aliphatic rings. The molecule has 0 aromatic rings. The van der Waals surface area contributed by atoms with Crippen LogP contribution < -0.4 is 0 Å². The number of allylic oxidation sites excluding steroid dienone is 2. The van der Waals surface area contributed by atoms with Gasteiger partial charge in [-0.1, -0.05) is 31.9 Å². The molecule has 0 fully saturated rings. The fraction of sp³-hybridized carbons (Fsp3) is 0.800. The number of nitrogens with zero attached hydrogens (tertiary/aromatic N) is 2. The van der Waals surface area contributed by atoms with E-state index >= 15 is 0 Å². The van der Waals surface area contributed by atoms with Gasteiger partial charge >= 0.3 is 0 Å². The van der Waals surface area contributed by atoms with Crippen LogP contribution in [0.5, 0.6) is 0 Å². The number of hydrogen-bond acceptors (Lipinski definition) is 2. The molecule has 1 atom stereocenters. The second-order valence-electron chi connectivity index (χ2n) is 5.08. The topological polar surface area (TPSA) is 32.6 Å². The summed E-state index contributed by atoms with van der Waals surface area (Å²) in [4.78, 5) is 4.66. The number of rotatable bonds is 9. The van der Waals surface area contributed by atoms with E-state index < -0.39 is 0 Å². The lowest BCUT2D eigenvalue weighted by Gasteiger charge is -2.32. The molecule has 1 heterocycles. The van der Waals surface area contributed by atoms with Gasteiger partial charge in [0, 0.05) is 6.42 Å². The molecule has 0 spiro atoms. The van der Waals surface area contributed by atoms with Crippen LogP contribution in [0.3, 0.4) is 0 Å².